The summed E-state index contributed by atoms with van der Waals surface area (Å²) in [5, 5.41) is 12.9. The number of hydrogen-bond donors (Lipinski definition) is 2. The Morgan fingerprint density at radius 2 is 1.90 bits per heavy atom. The van der Waals surface area contributed by atoms with Gasteiger partial charge >= 0.3 is 0 Å². The molecule has 0 aromatic heterocycles. The van der Waals surface area contributed by atoms with Crippen molar-refractivity contribution < 1.29 is 9.90 Å². The number of amides is 1. The number of aliphatic hydroxyl groups excluding tert-OH is 1. The lowest BCUT2D eigenvalue weighted by molar-refractivity contribution is -0.132. The molecule has 1 unspecified atom stereocenters. The molecule has 1 saturated heterocycles. The molecule has 4 nitrogen and oxygen atoms in total. The van der Waals surface area contributed by atoms with Gasteiger partial charge in [0, 0.05) is 18.6 Å². The SMILES string of the molecule is CC(O)CN1C[C@H]2CCCC[C@H]2C[C@H]1C(=O)NC(C)(C)C. The third kappa shape index (κ3) is 4.68. The Bertz CT molecular complexity index is 362. The first-order chi connectivity index (χ1) is 9.76. The summed E-state index contributed by atoms with van der Waals surface area (Å²) in [6.07, 6.45) is 5.77. The zero-order valence-electron chi connectivity index (χ0n) is 14.1. The van der Waals surface area contributed by atoms with Gasteiger partial charge < -0.3 is 10.4 Å². The number of hydrogen-bond acceptors (Lipinski definition) is 3. The van der Waals surface area contributed by atoms with E-state index in [0.717, 1.165) is 18.9 Å². The number of nitrogens with zero attached hydrogens (tertiary/aromatic N) is 1. The highest BCUT2D eigenvalue weighted by Crippen LogP contribution is 2.38. The molecule has 2 fully saturated rings. The van der Waals surface area contributed by atoms with Crippen LogP contribution in [-0.2, 0) is 4.79 Å². The lowest BCUT2D eigenvalue weighted by Crippen LogP contribution is -2.58. The zero-order valence-corrected chi connectivity index (χ0v) is 14.1. The number of nitrogens with one attached hydrogen (secondary N) is 1. The van der Waals surface area contributed by atoms with Crippen molar-refractivity contribution in [1.82, 2.24) is 10.2 Å². The Kier molecular flexibility index (Phi) is 5.31. The molecular weight excluding hydrogens is 264 g/mol. The van der Waals surface area contributed by atoms with E-state index in [-0.39, 0.29) is 23.6 Å². The van der Waals surface area contributed by atoms with E-state index in [9.17, 15) is 9.90 Å². The lowest BCUT2D eigenvalue weighted by atomic mass is 9.72. The van der Waals surface area contributed by atoms with Gasteiger partial charge in [-0.05, 0) is 52.4 Å². The van der Waals surface area contributed by atoms with Crippen LogP contribution in [0.3, 0.4) is 0 Å². The normalized spacial score (nSPS) is 32.3. The zero-order chi connectivity index (χ0) is 15.6. The highest BCUT2D eigenvalue weighted by Gasteiger charge is 2.40. The fourth-order valence-corrected chi connectivity index (χ4v) is 3.97. The minimum Gasteiger partial charge on any atom is -0.392 e. The topological polar surface area (TPSA) is 52.6 Å². The fourth-order valence-electron chi connectivity index (χ4n) is 3.97. The summed E-state index contributed by atoms with van der Waals surface area (Å²) in [6.45, 7) is 9.46. The molecule has 1 aliphatic carbocycles. The van der Waals surface area contributed by atoms with Crippen molar-refractivity contribution in [3.05, 3.63) is 0 Å². The largest absolute Gasteiger partial charge is 0.392 e. The highest BCUT2D eigenvalue weighted by atomic mass is 16.3. The predicted molar refractivity (Wildman–Crippen MR) is 85.0 cm³/mol. The molecule has 2 aliphatic rings. The molecule has 0 radical (unpaired) electrons. The predicted octanol–water partition coefficient (Wildman–Crippen LogP) is 2.16. The smallest absolute Gasteiger partial charge is 0.237 e. The molecule has 2 rings (SSSR count). The van der Waals surface area contributed by atoms with Gasteiger partial charge in [-0.3, -0.25) is 9.69 Å². The van der Waals surface area contributed by atoms with Crippen LogP contribution < -0.4 is 5.32 Å². The van der Waals surface area contributed by atoms with Crippen molar-refractivity contribution in [2.24, 2.45) is 11.8 Å². The Labute approximate surface area is 129 Å². The van der Waals surface area contributed by atoms with E-state index in [2.05, 4.69) is 10.2 Å². The maximum Gasteiger partial charge on any atom is 0.237 e. The maximum absolute atomic E-state index is 12.6. The molecule has 0 bridgehead atoms. The molecule has 0 aromatic carbocycles. The van der Waals surface area contributed by atoms with Crippen LogP contribution in [-0.4, -0.2) is 46.7 Å². The molecular formula is C17H32N2O2. The average molecular weight is 296 g/mol. The fraction of sp³-hybridized carbons (Fsp3) is 0.941. The van der Waals surface area contributed by atoms with Crippen molar-refractivity contribution in [3.8, 4) is 0 Å². The van der Waals surface area contributed by atoms with Gasteiger partial charge in [0.1, 0.15) is 0 Å². The molecule has 0 aromatic rings. The van der Waals surface area contributed by atoms with E-state index in [0.29, 0.717) is 12.5 Å². The lowest BCUT2D eigenvalue weighted by Gasteiger charge is -2.46. The van der Waals surface area contributed by atoms with E-state index < -0.39 is 0 Å². The van der Waals surface area contributed by atoms with Crippen LogP contribution in [0.25, 0.3) is 0 Å². The number of rotatable bonds is 3. The van der Waals surface area contributed by atoms with Gasteiger partial charge in [0.05, 0.1) is 12.1 Å². The van der Waals surface area contributed by atoms with Crippen LogP contribution in [0.4, 0.5) is 0 Å². The van der Waals surface area contributed by atoms with Crippen molar-refractivity contribution in [3.63, 3.8) is 0 Å². The molecule has 0 spiro atoms. The number of piperidine rings is 1. The molecule has 122 valence electrons. The van der Waals surface area contributed by atoms with Crippen LogP contribution in [0.15, 0.2) is 0 Å². The quantitative estimate of drug-likeness (QED) is 0.839. The van der Waals surface area contributed by atoms with Crippen molar-refractivity contribution >= 4 is 5.91 Å². The monoisotopic (exact) mass is 296 g/mol. The average Bonchev–Trinajstić information content (AvgIpc) is 2.35. The van der Waals surface area contributed by atoms with Gasteiger partial charge in [-0.15, -0.1) is 0 Å². The second-order valence-electron chi connectivity index (χ2n) is 8.10. The molecule has 1 heterocycles. The van der Waals surface area contributed by atoms with Gasteiger partial charge in [-0.25, -0.2) is 0 Å². The Morgan fingerprint density at radius 1 is 1.29 bits per heavy atom. The standard InChI is InChI=1S/C17H32N2O2/c1-12(20)10-19-11-14-8-6-5-7-13(14)9-15(19)16(21)18-17(2,3)4/h12-15,20H,5-11H2,1-4H3,(H,18,21)/t12?,13-,14+,15-/m0/s1. The summed E-state index contributed by atoms with van der Waals surface area (Å²) < 4.78 is 0. The number of β-amino-alcohol motifs (C(OH)–C–C–N with tert-alkyl or cyclic N) is 1. The van der Waals surface area contributed by atoms with Crippen LogP contribution in [0.5, 0.6) is 0 Å². The number of fused-ring (bicyclic) bond motifs is 1. The van der Waals surface area contributed by atoms with Crippen molar-refractivity contribution in [1.29, 1.82) is 0 Å². The summed E-state index contributed by atoms with van der Waals surface area (Å²) in [4.78, 5) is 14.9. The van der Waals surface area contributed by atoms with Gasteiger partial charge in [0.2, 0.25) is 5.91 Å². The second-order valence-corrected chi connectivity index (χ2v) is 8.10. The van der Waals surface area contributed by atoms with E-state index >= 15 is 0 Å². The van der Waals surface area contributed by atoms with E-state index in [1.165, 1.54) is 25.7 Å². The first kappa shape index (κ1) is 16.8. The summed E-state index contributed by atoms with van der Waals surface area (Å²) in [5.74, 6) is 1.54. The van der Waals surface area contributed by atoms with E-state index in [1.54, 1.807) is 0 Å². The van der Waals surface area contributed by atoms with Crippen LogP contribution in [0.2, 0.25) is 0 Å². The van der Waals surface area contributed by atoms with E-state index in [1.807, 2.05) is 27.7 Å². The van der Waals surface area contributed by atoms with Crippen LogP contribution >= 0.6 is 0 Å². The van der Waals surface area contributed by atoms with Gasteiger partial charge in [-0.2, -0.15) is 0 Å². The second kappa shape index (κ2) is 6.66. The summed E-state index contributed by atoms with van der Waals surface area (Å²) in [5.41, 5.74) is -0.197. The van der Waals surface area contributed by atoms with Crippen LogP contribution in [0.1, 0.15) is 59.8 Å². The van der Waals surface area contributed by atoms with E-state index in [4.69, 9.17) is 0 Å². The number of aliphatic hydroxyl groups is 1. The van der Waals surface area contributed by atoms with Crippen molar-refractivity contribution in [2.45, 2.75) is 77.5 Å². The Hall–Kier alpha value is -0.610. The first-order valence-electron chi connectivity index (χ1n) is 8.50. The van der Waals surface area contributed by atoms with Gasteiger partial charge in [0.15, 0.2) is 0 Å². The van der Waals surface area contributed by atoms with Crippen molar-refractivity contribution in [2.75, 3.05) is 13.1 Å². The molecule has 2 N–H and O–H groups in total. The van der Waals surface area contributed by atoms with Gasteiger partial charge in [-0.1, -0.05) is 19.3 Å². The summed E-state index contributed by atoms with van der Waals surface area (Å²) in [6, 6.07) is -0.0711. The summed E-state index contributed by atoms with van der Waals surface area (Å²) >= 11 is 0. The van der Waals surface area contributed by atoms with Gasteiger partial charge in [0.25, 0.3) is 0 Å². The molecule has 1 aliphatic heterocycles. The molecule has 4 atom stereocenters. The Balaban J connectivity index is 2.08. The first-order valence-corrected chi connectivity index (χ1v) is 8.50. The third-order valence-corrected chi connectivity index (χ3v) is 4.80. The summed E-state index contributed by atoms with van der Waals surface area (Å²) in [7, 11) is 0. The molecule has 1 amide bonds. The highest BCUT2D eigenvalue weighted by molar-refractivity contribution is 5.82. The third-order valence-electron chi connectivity index (χ3n) is 4.80. The van der Waals surface area contributed by atoms with Crippen LogP contribution in [0, 0.1) is 11.8 Å². The molecule has 4 heteroatoms. The minimum absolute atomic E-state index is 0.0711. The number of carbonyl (C=O) groups is 1. The Morgan fingerprint density at radius 3 is 2.48 bits per heavy atom. The minimum atomic E-state index is -0.380. The number of likely N-dealkylation sites (tertiary alicyclic amines) is 1. The molecule has 1 saturated carbocycles. The maximum atomic E-state index is 12.6. The number of carbonyl (C=O) groups excluding carboxylic acids is 1. The molecule has 21 heavy (non-hydrogen) atoms.